The summed E-state index contributed by atoms with van der Waals surface area (Å²) in [6.45, 7) is 17.0. The van der Waals surface area contributed by atoms with Crippen LogP contribution in [0.2, 0.25) is 0 Å². The van der Waals surface area contributed by atoms with E-state index in [0.29, 0.717) is 17.8 Å². The molecule has 0 amide bonds. The first-order valence-electron chi connectivity index (χ1n) is 7.98. The summed E-state index contributed by atoms with van der Waals surface area (Å²) in [4.78, 5) is 17.9. The first kappa shape index (κ1) is 18.4. The Balaban J connectivity index is 3.39. The molecule has 1 rings (SSSR count). The highest BCUT2D eigenvalue weighted by Gasteiger charge is 2.23. The number of nitrogens with two attached hydrogens (primary N) is 1. The molecular weight excluding hydrogens is 278 g/mol. The van der Waals surface area contributed by atoms with Gasteiger partial charge in [0, 0.05) is 24.2 Å². The van der Waals surface area contributed by atoms with Crippen LogP contribution in [0.4, 0.5) is 17.8 Å². The van der Waals surface area contributed by atoms with Gasteiger partial charge in [-0.25, -0.2) is 5.84 Å². The normalized spacial score (nSPS) is 11.7. The van der Waals surface area contributed by atoms with E-state index in [1.165, 1.54) is 0 Å². The maximum absolute atomic E-state index is 5.55. The van der Waals surface area contributed by atoms with Gasteiger partial charge >= 0.3 is 0 Å². The maximum atomic E-state index is 5.55. The Bertz CT molecular complexity index is 417. The molecular formula is C15H31N7. The van der Waals surface area contributed by atoms with Crippen molar-refractivity contribution in [3.05, 3.63) is 0 Å². The molecule has 0 fully saturated rings. The molecule has 0 atom stereocenters. The van der Waals surface area contributed by atoms with Crippen LogP contribution in [0.25, 0.3) is 0 Å². The Morgan fingerprint density at radius 3 is 1.23 bits per heavy atom. The minimum absolute atomic E-state index is 0.285. The Kier molecular flexibility index (Phi) is 6.34. The van der Waals surface area contributed by atoms with E-state index in [1.807, 2.05) is 0 Å². The standard InChI is InChI=1S/C15H31N7/c1-9(2)21(10(3)4)14-17-13(20-16)18-15(19-14)22(11(5)6)12(7)8/h9-12H,16H2,1-8H3,(H,17,18,19,20). The van der Waals surface area contributed by atoms with Crippen molar-refractivity contribution in [1.82, 2.24) is 15.0 Å². The van der Waals surface area contributed by atoms with Crippen molar-refractivity contribution in [2.75, 3.05) is 15.2 Å². The summed E-state index contributed by atoms with van der Waals surface area (Å²) in [7, 11) is 0. The molecule has 3 N–H and O–H groups in total. The van der Waals surface area contributed by atoms with Gasteiger partial charge in [-0.15, -0.1) is 0 Å². The van der Waals surface area contributed by atoms with Gasteiger partial charge in [-0.2, -0.15) is 15.0 Å². The molecule has 1 heterocycles. The summed E-state index contributed by atoms with van der Waals surface area (Å²) in [6, 6.07) is 1.14. The second-order valence-electron chi connectivity index (χ2n) is 6.59. The first-order chi connectivity index (χ1) is 10.2. The second kappa shape index (κ2) is 7.58. The lowest BCUT2D eigenvalue weighted by atomic mass is 10.2. The summed E-state index contributed by atoms with van der Waals surface area (Å²) in [5.41, 5.74) is 2.56. The molecule has 0 aliphatic rings. The number of nitrogens with zero attached hydrogens (tertiary/aromatic N) is 5. The number of anilines is 3. The quantitative estimate of drug-likeness (QED) is 0.591. The summed E-state index contributed by atoms with van der Waals surface area (Å²) in [6.07, 6.45) is 0. The number of nitrogen functional groups attached to an aromatic ring is 1. The fraction of sp³-hybridized carbons (Fsp3) is 0.800. The fourth-order valence-electron chi connectivity index (χ4n) is 2.77. The van der Waals surface area contributed by atoms with Crippen LogP contribution in [0.1, 0.15) is 55.4 Å². The Labute approximate surface area is 134 Å². The van der Waals surface area contributed by atoms with Crippen molar-refractivity contribution in [3.63, 3.8) is 0 Å². The van der Waals surface area contributed by atoms with E-state index in [2.05, 4.69) is 80.6 Å². The predicted octanol–water partition coefficient (Wildman–Crippen LogP) is 2.40. The average molecular weight is 309 g/mol. The van der Waals surface area contributed by atoms with Crippen molar-refractivity contribution in [3.8, 4) is 0 Å². The van der Waals surface area contributed by atoms with Gasteiger partial charge < -0.3 is 9.80 Å². The molecule has 0 unspecified atom stereocenters. The molecule has 0 aliphatic heterocycles. The van der Waals surface area contributed by atoms with Crippen LogP contribution in [0.15, 0.2) is 0 Å². The molecule has 0 saturated carbocycles. The van der Waals surface area contributed by atoms with Gasteiger partial charge in [0.15, 0.2) is 0 Å². The largest absolute Gasteiger partial charge is 0.336 e. The molecule has 0 bridgehead atoms. The lowest BCUT2D eigenvalue weighted by Crippen LogP contribution is -2.41. The zero-order valence-corrected chi connectivity index (χ0v) is 15.1. The van der Waals surface area contributed by atoms with E-state index in [0.717, 1.165) is 0 Å². The van der Waals surface area contributed by atoms with Crippen LogP contribution in [0, 0.1) is 0 Å². The first-order valence-corrected chi connectivity index (χ1v) is 7.98. The summed E-state index contributed by atoms with van der Waals surface area (Å²) in [5.74, 6) is 7.23. The van der Waals surface area contributed by atoms with Crippen LogP contribution in [-0.2, 0) is 0 Å². The van der Waals surface area contributed by atoms with Gasteiger partial charge in [0.25, 0.3) is 0 Å². The van der Waals surface area contributed by atoms with E-state index in [9.17, 15) is 0 Å². The third-order valence-corrected chi connectivity index (χ3v) is 3.43. The lowest BCUT2D eigenvalue weighted by molar-refractivity contribution is 0.572. The molecule has 7 heteroatoms. The Morgan fingerprint density at radius 2 is 1.00 bits per heavy atom. The summed E-state index contributed by atoms with van der Waals surface area (Å²) in [5, 5.41) is 0. The zero-order chi connectivity index (χ0) is 17.0. The van der Waals surface area contributed by atoms with Crippen molar-refractivity contribution in [2.45, 2.75) is 79.6 Å². The van der Waals surface area contributed by atoms with Crippen LogP contribution < -0.4 is 21.1 Å². The molecule has 0 aliphatic carbocycles. The molecule has 1 aromatic rings. The Hall–Kier alpha value is -1.63. The highest BCUT2D eigenvalue weighted by molar-refractivity contribution is 5.46. The smallest absolute Gasteiger partial charge is 0.243 e. The number of hydrogen-bond donors (Lipinski definition) is 2. The summed E-state index contributed by atoms with van der Waals surface area (Å²) >= 11 is 0. The third kappa shape index (κ3) is 4.19. The second-order valence-corrected chi connectivity index (χ2v) is 6.59. The van der Waals surface area contributed by atoms with E-state index < -0.39 is 0 Å². The van der Waals surface area contributed by atoms with E-state index in [1.54, 1.807) is 0 Å². The average Bonchev–Trinajstić information content (AvgIpc) is 2.36. The monoisotopic (exact) mass is 309 g/mol. The van der Waals surface area contributed by atoms with E-state index in [4.69, 9.17) is 10.8 Å². The van der Waals surface area contributed by atoms with Crippen molar-refractivity contribution in [1.29, 1.82) is 0 Å². The highest BCUT2D eigenvalue weighted by Crippen LogP contribution is 2.22. The number of nitrogens with one attached hydrogen (secondary N) is 1. The van der Waals surface area contributed by atoms with Crippen LogP contribution in [-0.4, -0.2) is 39.1 Å². The van der Waals surface area contributed by atoms with Gasteiger partial charge in [-0.3, -0.25) is 5.43 Å². The minimum atomic E-state index is 0.285. The molecule has 22 heavy (non-hydrogen) atoms. The fourth-order valence-corrected chi connectivity index (χ4v) is 2.77. The van der Waals surface area contributed by atoms with Crippen LogP contribution >= 0.6 is 0 Å². The van der Waals surface area contributed by atoms with Crippen LogP contribution in [0.5, 0.6) is 0 Å². The number of hydrogen-bond acceptors (Lipinski definition) is 7. The van der Waals surface area contributed by atoms with Gasteiger partial charge in [0.1, 0.15) is 0 Å². The van der Waals surface area contributed by atoms with Crippen molar-refractivity contribution < 1.29 is 0 Å². The van der Waals surface area contributed by atoms with E-state index >= 15 is 0 Å². The van der Waals surface area contributed by atoms with Crippen LogP contribution in [0.3, 0.4) is 0 Å². The lowest BCUT2D eigenvalue weighted by Gasteiger charge is -2.34. The van der Waals surface area contributed by atoms with Crippen molar-refractivity contribution in [2.24, 2.45) is 5.84 Å². The molecule has 1 aromatic heterocycles. The zero-order valence-electron chi connectivity index (χ0n) is 15.1. The number of rotatable bonds is 7. The van der Waals surface area contributed by atoms with Gasteiger partial charge in [0.2, 0.25) is 17.8 Å². The SMILES string of the molecule is CC(C)N(c1nc(NN)nc(N(C(C)C)C(C)C)n1)C(C)C. The maximum Gasteiger partial charge on any atom is 0.243 e. The number of aromatic nitrogens is 3. The van der Waals surface area contributed by atoms with Gasteiger partial charge in [-0.05, 0) is 55.4 Å². The molecule has 7 nitrogen and oxygen atoms in total. The topological polar surface area (TPSA) is 83.2 Å². The molecule has 126 valence electrons. The summed E-state index contributed by atoms with van der Waals surface area (Å²) < 4.78 is 0. The molecule has 0 spiro atoms. The predicted molar refractivity (Wildman–Crippen MR) is 93.1 cm³/mol. The molecule has 0 radical (unpaired) electrons. The number of hydrazine groups is 1. The van der Waals surface area contributed by atoms with Gasteiger partial charge in [0.05, 0.1) is 0 Å². The van der Waals surface area contributed by atoms with E-state index in [-0.39, 0.29) is 24.2 Å². The Morgan fingerprint density at radius 1 is 0.682 bits per heavy atom. The van der Waals surface area contributed by atoms with Gasteiger partial charge in [-0.1, -0.05) is 0 Å². The van der Waals surface area contributed by atoms with Crippen molar-refractivity contribution >= 4 is 17.8 Å². The highest BCUT2D eigenvalue weighted by atomic mass is 15.4. The third-order valence-electron chi connectivity index (χ3n) is 3.43. The molecule has 0 saturated heterocycles. The molecule has 0 aromatic carbocycles. The minimum Gasteiger partial charge on any atom is -0.336 e.